The molecule has 0 heterocycles. The van der Waals surface area contributed by atoms with E-state index in [-0.39, 0.29) is 11.8 Å². The maximum absolute atomic E-state index is 12.4. The van der Waals surface area contributed by atoms with Gasteiger partial charge in [-0.2, -0.15) is 0 Å². The summed E-state index contributed by atoms with van der Waals surface area (Å²) in [5.41, 5.74) is 0.786. The Morgan fingerprint density at radius 2 is 1.54 bits per heavy atom. The molecule has 1 aromatic carbocycles. The average Bonchev–Trinajstić information content (AvgIpc) is 2.50. The molecular formula is C20H29NO5. The van der Waals surface area contributed by atoms with Gasteiger partial charge in [0.2, 0.25) is 0 Å². The number of nitrogens with one attached hydrogen (secondary N) is 1. The van der Waals surface area contributed by atoms with Gasteiger partial charge in [0.15, 0.2) is 0 Å². The van der Waals surface area contributed by atoms with Crippen LogP contribution < -0.4 is 5.32 Å². The molecule has 1 aromatic rings. The zero-order valence-corrected chi connectivity index (χ0v) is 16.6. The lowest BCUT2D eigenvalue weighted by Gasteiger charge is -2.22. The monoisotopic (exact) mass is 363 g/mol. The number of ether oxygens (including phenoxy) is 2. The molecule has 6 nitrogen and oxygen atoms in total. The van der Waals surface area contributed by atoms with Gasteiger partial charge in [-0.3, -0.25) is 9.59 Å². The van der Waals surface area contributed by atoms with E-state index < -0.39 is 29.5 Å². The number of benzene rings is 1. The second-order valence-electron chi connectivity index (χ2n) is 8.17. The van der Waals surface area contributed by atoms with Crippen molar-refractivity contribution in [1.29, 1.82) is 0 Å². The first-order valence-corrected chi connectivity index (χ1v) is 8.54. The van der Waals surface area contributed by atoms with Crippen molar-refractivity contribution in [3.63, 3.8) is 0 Å². The first-order valence-electron chi connectivity index (χ1n) is 8.54. The summed E-state index contributed by atoms with van der Waals surface area (Å²) < 4.78 is 9.89. The zero-order chi connectivity index (χ0) is 20.1. The molecule has 26 heavy (non-hydrogen) atoms. The second-order valence-corrected chi connectivity index (χ2v) is 8.17. The molecule has 0 bridgehead atoms. The van der Waals surface area contributed by atoms with Crippen LogP contribution in [0.2, 0.25) is 0 Å². The minimum atomic E-state index is -1.11. The zero-order valence-electron chi connectivity index (χ0n) is 16.6. The fraction of sp³-hybridized carbons (Fsp3) is 0.550. The lowest BCUT2D eigenvalue weighted by atomic mass is 9.86. The Kier molecular flexibility index (Phi) is 6.95. The fourth-order valence-electron chi connectivity index (χ4n) is 2.25. The smallest absolute Gasteiger partial charge is 0.328 e. The molecule has 1 N–H and O–H groups in total. The predicted octanol–water partition coefficient (Wildman–Crippen LogP) is 2.99. The third-order valence-electron chi connectivity index (χ3n) is 3.59. The van der Waals surface area contributed by atoms with Gasteiger partial charge in [-0.1, -0.05) is 32.9 Å². The van der Waals surface area contributed by atoms with E-state index in [9.17, 15) is 14.4 Å². The number of amides is 1. The van der Waals surface area contributed by atoms with Crippen molar-refractivity contribution < 1.29 is 23.9 Å². The van der Waals surface area contributed by atoms with Crippen molar-refractivity contribution in [3.8, 4) is 0 Å². The van der Waals surface area contributed by atoms with Gasteiger partial charge < -0.3 is 14.8 Å². The largest absolute Gasteiger partial charge is 0.467 e. The van der Waals surface area contributed by atoms with Crippen molar-refractivity contribution >= 4 is 17.8 Å². The fourth-order valence-corrected chi connectivity index (χ4v) is 2.25. The number of rotatable bonds is 5. The highest BCUT2D eigenvalue weighted by atomic mass is 16.6. The minimum Gasteiger partial charge on any atom is -0.467 e. The van der Waals surface area contributed by atoms with Crippen LogP contribution in [0.5, 0.6) is 0 Å². The number of hydrogen-bond acceptors (Lipinski definition) is 5. The van der Waals surface area contributed by atoms with Gasteiger partial charge >= 0.3 is 11.9 Å². The molecule has 0 radical (unpaired) electrons. The highest BCUT2D eigenvalue weighted by Crippen LogP contribution is 2.22. The molecular weight excluding hydrogens is 334 g/mol. The molecule has 0 unspecified atom stereocenters. The van der Waals surface area contributed by atoms with Gasteiger partial charge in [0, 0.05) is 5.56 Å². The summed E-state index contributed by atoms with van der Waals surface area (Å²) in [6, 6.07) is 6.02. The summed E-state index contributed by atoms with van der Waals surface area (Å²) in [5, 5.41) is 2.54. The lowest BCUT2D eigenvalue weighted by molar-refractivity contribution is -0.158. The maximum atomic E-state index is 12.4. The molecule has 0 fully saturated rings. The van der Waals surface area contributed by atoms with Gasteiger partial charge in [-0.15, -0.1) is 0 Å². The van der Waals surface area contributed by atoms with E-state index >= 15 is 0 Å². The minimum absolute atomic E-state index is 0.0275. The standard InChI is InChI=1S/C20H29NO5/c1-19(2,3)14-10-8-13(9-11-14)17(23)21-15(18(24)25-7)12-16(22)26-20(4,5)6/h8-11,15H,12H2,1-7H3,(H,21,23)/t15-/m1/s1. The van der Waals surface area contributed by atoms with Crippen LogP contribution in [0.1, 0.15) is 63.9 Å². The van der Waals surface area contributed by atoms with Crippen molar-refractivity contribution in [2.75, 3.05) is 7.11 Å². The van der Waals surface area contributed by atoms with Gasteiger partial charge in [-0.25, -0.2) is 4.79 Å². The Hall–Kier alpha value is -2.37. The summed E-state index contributed by atoms with van der Waals surface area (Å²) in [4.78, 5) is 36.3. The molecule has 0 saturated heterocycles. The number of esters is 2. The van der Waals surface area contributed by atoms with E-state index in [0.29, 0.717) is 5.56 Å². The van der Waals surface area contributed by atoms with E-state index in [1.807, 2.05) is 12.1 Å². The van der Waals surface area contributed by atoms with E-state index in [0.717, 1.165) is 5.56 Å². The molecule has 1 rings (SSSR count). The van der Waals surface area contributed by atoms with Crippen LogP contribution >= 0.6 is 0 Å². The summed E-state index contributed by atoms with van der Waals surface area (Å²) in [6.07, 6.45) is -0.296. The van der Waals surface area contributed by atoms with Crippen molar-refractivity contribution in [3.05, 3.63) is 35.4 Å². The van der Waals surface area contributed by atoms with Crippen LogP contribution in [-0.4, -0.2) is 36.6 Å². The molecule has 0 aromatic heterocycles. The normalized spacial score (nSPS) is 12.9. The molecule has 6 heteroatoms. The number of methoxy groups -OCH3 is 1. The Labute approximate surface area is 155 Å². The molecule has 0 spiro atoms. The van der Waals surface area contributed by atoms with Gasteiger partial charge in [0.05, 0.1) is 13.5 Å². The van der Waals surface area contributed by atoms with E-state index in [1.165, 1.54) is 7.11 Å². The van der Waals surface area contributed by atoms with Crippen LogP contribution in [0.15, 0.2) is 24.3 Å². The van der Waals surface area contributed by atoms with Crippen LogP contribution in [0.25, 0.3) is 0 Å². The van der Waals surface area contributed by atoms with Crippen molar-refractivity contribution in [2.45, 2.75) is 65.0 Å². The number of hydrogen-bond donors (Lipinski definition) is 1. The highest BCUT2D eigenvalue weighted by molar-refractivity contribution is 5.97. The Morgan fingerprint density at radius 3 is 1.96 bits per heavy atom. The third-order valence-corrected chi connectivity index (χ3v) is 3.59. The quantitative estimate of drug-likeness (QED) is 0.813. The molecule has 0 aliphatic carbocycles. The van der Waals surface area contributed by atoms with Crippen LogP contribution in [-0.2, 0) is 24.5 Å². The van der Waals surface area contributed by atoms with E-state index in [4.69, 9.17) is 4.74 Å². The predicted molar refractivity (Wildman–Crippen MR) is 98.9 cm³/mol. The third kappa shape index (κ3) is 6.86. The van der Waals surface area contributed by atoms with E-state index in [1.54, 1.807) is 32.9 Å². The lowest BCUT2D eigenvalue weighted by Crippen LogP contribution is -2.43. The summed E-state index contributed by atoms with van der Waals surface area (Å²) in [6.45, 7) is 11.4. The molecule has 0 saturated carbocycles. The molecule has 1 atom stereocenters. The molecule has 144 valence electrons. The molecule has 0 aliphatic heterocycles. The van der Waals surface area contributed by atoms with Crippen LogP contribution in [0.4, 0.5) is 0 Å². The first kappa shape index (κ1) is 21.7. The average molecular weight is 363 g/mol. The number of carbonyl (C=O) groups excluding carboxylic acids is 3. The van der Waals surface area contributed by atoms with Crippen molar-refractivity contribution in [2.24, 2.45) is 0 Å². The van der Waals surface area contributed by atoms with Crippen LogP contribution in [0.3, 0.4) is 0 Å². The Balaban J connectivity index is 2.86. The first-order chi connectivity index (χ1) is 11.8. The topological polar surface area (TPSA) is 81.7 Å². The highest BCUT2D eigenvalue weighted by Gasteiger charge is 2.28. The van der Waals surface area contributed by atoms with Gasteiger partial charge in [0.1, 0.15) is 11.6 Å². The Bertz CT molecular complexity index is 650. The number of carbonyl (C=O) groups is 3. The molecule has 1 amide bonds. The SMILES string of the molecule is COC(=O)[C@@H](CC(=O)OC(C)(C)C)NC(=O)c1ccc(C(C)(C)C)cc1. The summed E-state index contributed by atoms with van der Waals surface area (Å²) >= 11 is 0. The van der Waals surface area contributed by atoms with Crippen LogP contribution in [0, 0.1) is 0 Å². The Morgan fingerprint density at radius 1 is 1.00 bits per heavy atom. The molecule has 0 aliphatic rings. The summed E-state index contributed by atoms with van der Waals surface area (Å²) in [5.74, 6) is -1.74. The van der Waals surface area contributed by atoms with Gasteiger partial charge in [-0.05, 0) is 43.9 Å². The van der Waals surface area contributed by atoms with Gasteiger partial charge in [0.25, 0.3) is 5.91 Å². The second kappa shape index (κ2) is 8.34. The van der Waals surface area contributed by atoms with Crippen molar-refractivity contribution in [1.82, 2.24) is 5.32 Å². The maximum Gasteiger partial charge on any atom is 0.328 e. The summed E-state index contributed by atoms with van der Waals surface area (Å²) in [7, 11) is 1.20. The van der Waals surface area contributed by atoms with E-state index in [2.05, 4.69) is 30.8 Å².